The number of benzene rings is 1. The molecule has 5 heteroatoms. The van der Waals surface area contributed by atoms with Crippen molar-refractivity contribution in [1.29, 1.82) is 0 Å². The third-order valence-corrected chi connectivity index (χ3v) is 4.03. The molecular formula is C14H15ClN2OS. The van der Waals surface area contributed by atoms with Crippen molar-refractivity contribution in [3.8, 4) is 0 Å². The molecule has 0 unspecified atom stereocenters. The van der Waals surface area contributed by atoms with Crippen LogP contribution < -0.4 is 0 Å². The van der Waals surface area contributed by atoms with E-state index < -0.39 is 0 Å². The first-order chi connectivity index (χ1) is 9.15. The van der Waals surface area contributed by atoms with Gasteiger partial charge < -0.3 is 4.57 Å². The van der Waals surface area contributed by atoms with E-state index in [4.69, 9.17) is 11.6 Å². The fourth-order valence-electron chi connectivity index (χ4n) is 1.68. The average molecular weight is 295 g/mol. The van der Waals surface area contributed by atoms with Crippen molar-refractivity contribution in [3.63, 3.8) is 0 Å². The van der Waals surface area contributed by atoms with Gasteiger partial charge in [0.05, 0.1) is 5.75 Å². The Morgan fingerprint density at radius 1 is 1.47 bits per heavy atom. The van der Waals surface area contributed by atoms with E-state index in [0.717, 1.165) is 10.7 Å². The first kappa shape index (κ1) is 14.2. The number of carbonyl (C=O) groups excluding carboxylic acids is 1. The Hall–Kier alpha value is -1.26. The molecule has 2 rings (SSSR count). The number of nitrogens with zero attached hydrogens (tertiary/aromatic N) is 2. The minimum atomic E-state index is 0.230. The number of aryl methyl sites for hydroxylation is 2. The van der Waals surface area contributed by atoms with E-state index in [2.05, 4.69) is 4.98 Å². The van der Waals surface area contributed by atoms with Gasteiger partial charge in [0.1, 0.15) is 11.6 Å². The van der Waals surface area contributed by atoms with Crippen LogP contribution in [0.15, 0.2) is 41.6 Å². The molecule has 0 bridgehead atoms. The topological polar surface area (TPSA) is 34.9 Å². The average Bonchev–Trinajstić information content (AvgIpc) is 2.80. The van der Waals surface area contributed by atoms with Crippen molar-refractivity contribution in [2.24, 2.45) is 7.05 Å². The van der Waals surface area contributed by atoms with Gasteiger partial charge in [0.15, 0.2) is 0 Å². The molecule has 0 radical (unpaired) electrons. The highest BCUT2D eigenvalue weighted by Crippen LogP contribution is 2.21. The van der Waals surface area contributed by atoms with Crippen molar-refractivity contribution in [2.45, 2.75) is 17.7 Å². The minimum Gasteiger partial charge on any atom is -0.338 e. The van der Waals surface area contributed by atoms with Crippen molar-refractivity contribution in [1.82, 2.24) is 9.55 Å². The Morgan fingerprint density at radius 2 is 2.32 bits per heavy atom. The van der Waals surface area contributed by atoms with E-state index in [1.807, 2.05) is 42.1 Å². The predicted molar refractivity (Wildman–Crippen MR) is 78.7 cm³/mol. The second-order valence-electron chi connectivity index (χ2n) is 4.24. The summed E-state index contributed by atoms with van der Waals surface area (Å²) in [4.78, 5) is 17.0. The van der Waals surface area contributed by atoms with Crippen LogP contribution in [0.2, 0.25) is 5.02 Å². The van der Waals surface area contributed by atoms with E-state index in [9.17, 15) is 4.79 Å². The number of hydrogen-bond donors (Lipinski definition) is 0. The predicted octanol–water partition coefficient (Wildman–Crippen LogP) is 3.37. The van der Waals surface area contributed by atoms with E-state index in [0.29, 0.717) is 23.6 Å². The lowest BCUT2D eigenvalue weighted by Gasteiger charge is -2.03. The summed E-state index contributed by atoms with van der Waals surface area (Å²) in [5.41, 5.74) is 0. The number of Topliss-reactive ketones (excluding diaryl/α,β-unsaturated/α-hetero) is 1. The molecule has 1 aromatic carbocycles. The molecule has 0 saturated carbocycles. The summed E-state index contributed by atoms with van der Waals surface area (Å²) in [6, 6.07) is 7.55. The van der Waals surface area contributed by atoms with Gasteiger partial charge in [-0.3, -0.25) is 4.79 Å². The third kappa shape index (κ3) is 4.40. The van der Waals surface area contributed by atoms with Gasteiger partial charge in [-0.15, -0.1) is 11.8 Å². The van der Waals surface area contributed by atoms with Crippen LogP contribution in [0.4, 0.5) is 0 Å². The van der Waals surface area contributed by atoms with Crippen LogP contribution in [0.1, 0.15) is 12.2 Å². The van der Waals surface area contributed by atoms with Gasteiger partial charge in [-0.1, -0.05) is 17.7 Å². The number of rotatable bonds is 6. The first-order valence-corrected chi connectivity index (χ1v) is 7.38. The Labute approximate surface area is 122 Å². The lowest BCUT2D eigenvalue weighted by Crippen LogP contribution is -2.06. The Morgan fingerprint density at radius 3 is 3.00 bits per heavy atom. The molecular weight excluding hydrogens is 280 g/mol. The largest absolute Gasteiger partial charge is 0.338 e. The van der Waals surface area contributed by atoms with Crippen LogP contribution in [0.3, 0.4) is 0 Å². The molecule has 0 atom stereocenters. The molecule has 1 heterocycles. The van der Waals surface area contributed by atoms with Gasteiger partial charge in [-0.2, -0.15) is 0 Å². The van der Waals surface area contributed by atoms with E-state index in [-0.39, 0.29) is 5.78 Å². The van der Waals surface area contributed by atoms with Crippen LogP contribution >= 0.6 is 23.4 Å². The number of carbonyl (C=O) groups is 1. The van der Waals surface area contributed by atoms with E-state index in [1.54, 1.807) is 6.20 Å². The van der Waals surface area contributed by atoms with Gasteiger partial charge in [0.2, 0.25) is 0 Å². The lowest BCUT2D eigenvalue weighted by molar-refractivity contribution is -0.116. The molecule has 2 aromatic rings. The molecule has 0 aliphatic heterocycles. The molecule has 0 fully saturated rings. The van der Waals surface area contributed by atoms with Gasteiger partial charge in [0, 0.05) is 42.2 Å². The molecule has 0 N–H and O–H groups in total. The molecule has 0 aliphatic carbocycles. The first-order valence-electron chi connectivity index (χ1n) is 6.01. The molecule has 0 spiro atoms. The molecule has 100 valence electrons. The summed E-state index contributed by atoms with van der Waals surface area (Å²) in [5.74, 6) is 1.65. The molecule has 19 heavy (non-hydrogen) atoms. The maximum Gasteiger partial charge on any atom is 0.143 e. The van der Waals surface area contributed by atoms with Crippen LogP contribution in [0.5, 0.6) is 0 Å². The van der Waals surface area contributed by atoms with Crippen LogP contribution in [-0.4, -0.2) is 21.1 Å². The van der Waals surface area contributed by atoms with Gasteiger partial charge >= 0.3 is 0 Å². The maximum atomic E-state index is 11.8. The summed E-state index contributed by atoms with van der Waals surface area (Å²) in [6.45, 7) is 0. The zero-order valence-corrected chi connectivity index (χ0v) is 12.2. The Balaban J connectivity index is 1.77. The zero-order chi connectivity index (χ0) is 13.7. The Bertz CT molecular complexity index is 568. The number of imidazole rings is 1. The van der Waals surface area contributed by atoms with Crippen molar-refractivity contribution < 1.29 is 4.79 Å². The van der Waals surface area contributed by atoms with Gasteiger partial charge in [-0.05, 0) is 18.2 Å². The molecule has 0 amide bonds. The number of halogens is 1. The third-order valence-electron chi connectivity index (χ3n) is 2.74. The van der Waals surface area contributed by atoms with Crippen LogP contribution in [0, 0.1) is 0 Å². The van der Waals surface area contributed by atoms with Gasteiger partial charge in [0.25, 0.3) is 0 Å². The van der Waals surface area contributed by atoms with Crippen molar-refractivity contribution in [3.05, 3.63) is 47.5 Å². The van der Waals surface area contributed by atoms with E-state index >= 15 is 0 Å². The fraction of sp³-hybridized carbons (Fsp3) is 0.286. The van der Waals surface area contributed by atoms with Gasteiger partial charge in [-0.25, -0.2) is 4.98 Å². The summed E-state index contributed by atoms with van der Waals surface area (Å²) in [6.07, 6.45) is 4.86. The molecule has 0 saturated heterocycles. The van der Waals surface area contributed by atoms with Crippen molar-refractivity contribution >= 4 is 29.1 Å². The molecule has 0 aliphatic rings. The SMILES string of the molecule is Cn1ccnc1CCC(=O)CSc1cccc(Cl)c1. The molecule has 3 nitrogen and oxygen atoms in total. The lowest BCUT2D eigenvalue weighted by atomic mass is 10.2. The summed E-state index contributed by atoms with van der Waals surface area (Å²) in [7, 11) is 1.94. The number of thioether (sulfide) groups is 1. The number of aromatic nitrogens is 2. The number of ketones is 1. The quantitative estimate of drug-likeness (QED) is 0.766. The maximum absolute atomic E-state index is 11.8. The zero-order valence-electron chi connectivity index (χ0n) is 10.7. The van der Waals surface area contributed by atoms with E-state index in [1.165, 1.54) is 11.8 Å². The smallest absolute Gasteiger partial charge is 0.143 e. The minimum absolute atomic E-state index is 0.230. The van der Waals surface area contributed by atoms with Crippen molar-refractivity contribution in [2.75, 3.05) is 5.75 Å². The highest BCUT2D eigenvalue weighted by molar-refractivity contribution is 8.00. The second-order valence-corrected chi connectivity index (χ2v) is 5.72. The fourth-order valence-corrected chi connectivity index (χ4v) is 2.79. The highest BCUT2D eigenvalue weighted by atomic mass is 35.5. The summed E-state index contributed by atoms with van der Waals surface area (Å²) >= 11 is 7.42. The number of hydrogen-bond acceptors (Lipinski definition) is 3. The molecule has 1 aromatic heterocycles. The summed E-state index contributed by atoms with van der Waals surface area (Å²) < 4.78 is 1.94. The summed E-state index contributed by atoms with van der Waals surface area (Å²) in [5, 5.41) is 0.699. The standard InChI is InChI=1S/C14H15ClN2OS/c1-17-8-7-16-14(17)6-5-12(18)10-19-13-4-2-3-11(15)9-13/h2-4,7-9H,5-6,10H2,1H3. The van der Waals surface area contributed by atoms with Crippen LogP contribution in [0.25, 0.3) is 0 Å². The van der Waals surface area contributed by atoms with Crippen LogP contribution in [-0.2, 0) is 18.3 Å². The highest BCUT2D eigenvalue weighted by Gasteiger charge is 2.06. The normalized spacial score (nSPS) is 10.6. The monoisotopic (exact) mass is 294 g/mol. The Kier molecular flexibility index (Phi) is 5.05. The second kappa shape index (κ2) is 6.78.